The third-order valence-corrected chi connectivity index (χ3v) is 3.34. The maximum absolute atomic E-state index is 11.7. The Morgan fingerprint density at radius 3 is 1.96 bits per heavy atom. The molecule has 0 aliphatic rings. The second kappa shape index (κ2) is 12.1. The molecule has 0 fully saturated rings. The van der Waals surface area contributed by atoms with Gasteiger partial charge in [-0.3, -0.25) is 4.79 Å². The summed E-state index contributed by atoms with van der Waals surface area (Å²) in [4.78, 5) is 29.9. The average molecular weight is 389 g/mol. The third kappa shape index (κ3) is 8.81. The standard InChI is InChI=1S/C18H21NO3.C2H2O4/c1-14(12-21-2)19-18(20)13-22-17-10-8-16(9-11-17)15-6-4-3-5-7-15;3-1(4)2(5)6/h3-11,14H,12-13H2,1-2H3,(H,19,20);(H,3,4)(H,5,6). The molecule has 0 bridgehead atoms. The van der Waals surface area contributed by atoms with Crippen molar-refractivity contribution < 1.29 is 34.1 Å². The SMILES string of the molecule is COCC(C)NC(=O)COc1ccc(-c2ccccc2)cc1.O=C(O)C(=O)O. The molecule has 0 aliphatic carbocycles. The molecule has 3 N–H and O–H groups in total. The van der Waals surface area contributed by atoms with Gasteiger partial charge < -0.3 is 25.0 Å². The van der Waals surface area contributed by atoms with Crippen LogP contribution < -0.4 is 10.1 Å². The molecule has 1 atom stereocenters. The maximum atomic E-state index is 11.7. The Morgan fingerprint density at radius 1 is 0.929 bits per heavy atom. The van der Waals surface area contributed by atoms with Gasteiger partial charge in [0.2, 0.25) is 0 Å². The molecular weight excluding hydrogens is 366 g/mol. The van der Waals surface area contributed by atoms with E-state index in [9.17, 15) is 4.79 Å². The average Bonchev–Trinajstić information content (AvgIpc) is 2.68. The van der Waals surface area contributed by atoms with Crippen LogP contribution in [-0.4, -0.2) is 54.4 Å². The van der Waals surface area contributed by atoms with Gasteiger partial charge in [0, 0.05) is 13.2 Å². The van der Waals surface area contributed by atoms with Crippen LogP contribution in [0.1, 0.15) is 6.92 Å². The number of hydrogen-bond acceptors (Lipinski definition) is 5. The van der Waals surface area contributed by atoms with Gasteiger partial charge in [0.25, 0.3) is 5.91 Å². The van der Waals surface area contributed by atoms with Crippen LogP contribution in [0, 0.1) is 0 Å². The molecule has 8 nitrogen and oxygen atoms in total. The minimum atomic E-state index is -1.82. The lowest BCUT2D eigenvalue weighted by Gasteiger charge is -2.13. The number of carboxylic acid groups (broad SMARTS) is 2. The highest BCUT2D eigenvalue weighted by atomic mass is 16.5. The van der Waals surface area contributed by atoms with E-state index < -0.39 is 11.9 Å². The first kappa shape index (κ1) is 22.7. The molecule has 0 radical (unpaired) electrons. The number of carbonyl (C=O) groups excluding carboxylic acids is 1. The monoisotopic (exact) mass is 389 g/mol. The van der Waals surface area contributed by atoms with Gasteiger partial charge in [-0.05, 0) is 30.2 Å². The molecule has 0 heterocycles. The first-order valence-corrected chi connectivity index (χ1v) is 8.36. The molecule has 1 unspecified atom stereocenters. The van der Waals surface area contributed by atoms with E-state index in [0.717, 1.165) is 11.1 Å². The van der Waals surface area contributed by atoms with E-state index in [1.165, 1.54) is 0 Å². The second-order valence-electron chi connectivity index (χ2n) is 5.71. The van der Waals surface area contributed by atoms with Crippen molar-refractivity contribution >= 4 is 17.8 Å². The largest absolute Gasteiger partial charge is 0.484 e. The van der Waals surface area contributed by atoms with Crippen LogP contribution in [-0.2, 0) is 19.1 Å². The van der Waals surface area contributed by atoms with Crippen LogP contribution in [0.2, 0.25) is 0 Å². The lowest BCUT2D eigenvalue weighted by atomic mass is 10.1. The van der Waals surface area contributed by atoms with Crippen LogP contribution in [0.3, 0.4) is 0 Å². The molecule has 2 rings (SSSR count). The molecule has 150 valence electrons. The number of hydrogen-bond donors (Lipinski definition) is 3. The predicted octanol–water partition coefficient (Wildman–Crippen LogP) is 2.04. The Morgan fingerprint density at radius 2 is 1.46 bits per heavy atom. The van der Waals surface area contributed by atoms with Gasteiger partial charge in [0.15, 0.2) is 6.61 Å². The minimum Gasteiger partial charge on any atom is -0.484 e. The van der Waals surface area contributed by atoms with Crippen molar-refractivity contribution in [2.75, 3.05) is 20.3 Å². The predicted molar refractivity (Wildman–Crippen MR) is 102 cm³/mol. The van der Waals surface area contributed by atoms with Crippen LogP contribution >= 0.6 is 0 Å². The van der Waals surface area contributed by atoms with Crippen molar-refractivity contribution in [1.29, 1.82) is 0 Å². The highest BCUT2D eigenvalue weighted by Gasteiger charge is 2.08. The first-order chi connectivity index (χ1) is 13.3. The molecule has 0 aliphatic heterocycles. The summed E-state index contributed by atoms with van der Waals surface area (Å²) in [6.07, 6.45) is 0. The number of rotatable bonds is 7. The molecule has 2 aromatic carbocycles. The fourth-order valence-corrected chi connectivity index (χ4v) is 2.13. The molecule has 2 aromatic rings. The van der Waals surface area contributed by atoms with E-state index >= 15 is 0 Å². The lowest BCUT2D eigenvalue weighted by molar-refractivity contribution is -0.159. The molecule has 0 aromatic heterocycles. The smallest absolute Gasteiger partial charge is 0.414 e. The Kier molecular flexibility index (Phi) is 9.77. The van der Waals surface area contributed by atoms with Crippen LogP contribution in [0.5, 0.6) is 5.75 Å². The van der Waals surface area contributed by atoms with Gasteiger partial charge in [-0.15, -0.1) is 0 Å². The Balaban J connectivity index is 0.000000568. The summed E-state index contributed by atoms with van der Waals surface area (Å²) in [5.41, 5.74) is 2.27. The normalized spacial score (nSPS) is 10.8. The zero-order chi connectivity index (χ0) is 20.9. The number of benzene rings is 2. The van der Waals surface area contributed by atoms with Crippen LogP contribution in [0.15, 0.2) is 54.6 Å². The summed E-state index contributed by atoms with van der Waals surface area (Å²) in [7, 11) is 1.60. The number of carboxylic acids is 2. The minimum absolute atomic E-state index is 0.00125. The van der Waals surface area contributed by atoms with Gasteiger partial charge in [-0.25, -0.2) is 9.59 Å². The summed E-state index contributed by atoms with van der Waals surface area (Å²) >= 11 is 0. The summed E-state index contributed by atoms with van der Waals surface area (Å²) < 4.78 is 10.5. The van der Waals surface area contributed by atoms with Gasteiger partial charge in [0.05, 0.1) is 6.61 Å². The van der Waals surface area contributed by atoms with Crippen LogP contribution in [0.4, 0.5) is 0 Å². The summed E-state index contributed by atoms with van der Waals surface area (Å²) in [5.74, 6) is -3.13. The quantitative estimate of drug-likeness (QED) is 0.619. The van der Waals surface area contributed by atoms with E-state index in [0.29, 0.717) is 12.4 Å². The zero-order valence-corrected chi connectivity index (χ0v) is 15.6. The molecule has 8 heteroatoms. The van der Waals surface area contributed by atoms with Gasteiger partial charge in [-0.1, -0.05) is 42.5 Å². The fourth-order valence-electron chi connectivity index (χ4n) is 2.13. The number of amides is 1. The van der Waals surface area contributed by atoms with E-state index in [-0.39, 0.29) is 18.6 Å². The number of nitrogens with one attached hydrogen (secondary N) is 1. The fraction of sp³-hybridized carbons (Fsp3) is 0.250. The van der Waals surface area contributed by atoms with Crippen molar-refractivity contribution in [2.45, 2.75) is 13.0 Å². The second-order valence-corrected chi connectivity index (χ2v) is 5.71. The maximum Gasteiger partial charge on any atom is 0.414 e. The number of carbonyl (C=O) groups is 3. The molecule has 0 spiro atoms. The van der Waals surface area contributed by atoms with E-state index in [1.54, 1.807) is 7.11 Å². The van der Waals surface area contributed by atoms with Crippen molar-refractivity contribution in [1.82, 2.24) is 5.32 Å². The van der Waals surface area contributed by atoms with Crippen molar-refractivity contribution in [3.05, 3.63) is 54.6 Å². The lowest BCUT2D eigenvalue weighted by Crippen LogP contribution is -2.38. The Bertz CT molecular complexity index is 748. The van der Waals surface area contributed by atoms with E-state index in [2.05, 4.69) is 17.4 Å². The Labute approximate surface area is 162 Å². The van der Waals surface area contributed by atoms with Crippen molar-refractivity contribution in [2.24, 2.45) is 0 Å². The number of ether oxygens (including phenoxy) is 2. The Hall–Kier alpha value is -3.39. The summed E-state index contributed by atoms with van der Waals surface area (Å²) in [6, 6.07) is 17.8. The highest BCUT2D eigenvalue weighted by molar-refractivity contribution is 6.27. The van der Waals surface area contributed by atoms with Gasteiger partial charge in [0.1, 0.15) is 5.75 Å². The van der Waals surface area contributed by atoms with Crippen molar-refractivity contribution in [3.8, 4) is 16.9 Å². The van der Waals surface area contributed by atoms with Gasteiger partial charge >= 0.3 is 11.9 Å². The third-order valence-electron chi connectivity index (χ3n) is 3.34. The number of aliphatic carboxylic acids is 2. The molecule has 1 amide bonds. The first-order valence-electron chi connectivity index (χ1n) is 8.36. The van der Waals surface area contributed by atoms with Crippen LogP contribution in [0.25, 0.3) is 11.1 Å². The molecule has 0 saturated carbocycles. The van der Waals surface area contributed by atoms with Gasteiger partial charge in [-0.2, -0.15) is 0 Å². The van der Waals surface area contributed by atoms with E-state index in [4.69, 9.17) is 29.3 Å². The summed E-state index contributed by atoms with van der Waals surface area (Å²) in [5, 5.41) is 17.6. The highest BCUT2D eigenvalue weighted by Crippen LogP contribution is 2.21. The molecule has 28 heavy (non-hydrogen) atoms. The number of methoxy groups -OCH3 is 1. The molecular formula is C20H23NO7. The topological polar surface area (TPSA) is 122 Å². The molecule has 0 saturated heterocycles. The zero-order valence-electron chi connectivity index (χ0n) is 15.6. The summed E-state index contributed by atoms with van der Waals surface area (Å²) in [6.45, 7) is 2.37. The van der Waals surface area contributed by atoms with E-state index in [1.807, 2.05) is 49.4 Å². The van der Waals surface area contributed by atoms with Crippen molar-refractivity contribution in [3.63, 3.8) is 0 Å².